The Morgan fingerprint density at radius 3 is 2.39 bits per heavy atom. The van der Waals surface area contributed by atoms with Gasteiger partial charge in [0.25, 0.3) is 0 Å². The Hall–Kier alpha value is -0.520. The number of terminal acetylenes is 1. The molecule has 1 fully saturated rings. The minimum absolute atomic E-state index is 0.571. The monoisotopic (exact) mass is 250 g/mol. The summed E-state index contributed by atoms with van der Waals surface area (Å²) < 4.78 is 0. The van der Waals surface area contributed by atoms with E-state index in [1.807, 2.05) is 0 Å². The third kappa shape index (κ3) is 5.89. The Labute approximate surface area is 114 Å². The highest BCUT2D eigenvalue weighted by Gasteiger charge is 2.27. The molecule has 0 spiro atoms. The average molecular weight is 250 g/mol. The van der Waals surface area contributed by atoms with Crippen LogP contribution in [-0.4, -0.2) is 37.1 Å². The van der Waals surface area contributed by atoms with Crippen LogP contribution in [-0.2, 0) is 0 Å². The summed E-state index contributed by atoms with van der Waals surface area (Å²) >= 11 is 0. The number of nitrogens with zero attached hydrogens (tertiary/aromatic N) is 1. The van der Waals surface area contributed by atoms with Gasteiger partial charge in [-0.05, 0) is 50.6 Å². The van der Waals surface area contributed by atoms with Crippen LogP contribution in [0.25, 0.3) is 0 Å². The van der Waals surface area contributed by atoms with Crippen molar-refractivity contribution < 1.29 is 0 Å². The minimum Gasteiger partial charge on any atom is -0.316 e. The lowest BCUT2D eigenvalue weighted by Gasteiger charge is -2.32. The lowest BCUT2D eigenvalue weighted by atomic mass is 10.0. The summed E-state index contributed by atoms with van der Waals surface area (Å²) in [5.74, 6) is 5.10. The zero-order chi connectivity index (χ0) is 13.5. The van der Waals surface area contributed by atoms with E-state index in [1.54, 1.807) is 0 Å². The number of hydrogen-bond acceptors (Lipinski definition) is 2. The molecule has 0 radical (unpaired) electrons. The van der Waals surface area contributed by atoms with Crippen molar-refractivity contribution in [2.45, 2.75) is 46.6 Å². The first-order valence-corrected chi connectivity index (χ1v) is 7.42. The zero-order valence-electron chi connectivity index (χ0n) is 12.6. The molecule has 0 aromatic heterocycles. The van der Waals surface area contributed by atoms with E-state index in [0.29, 0.717) is 12.0 Å². The van der Waals surface area contributed by atoms with Crippen molar-refractivity contribution in [2.75, 3.05) is 26.2 Å². The molecule has 2 nitrogen and oxygen atoms in total. The van der Waals surface area contributed by atoms with Gasteiger partial charge in [0.2, 0.25) is 0 Å². The molecule has 104 valence electrons. The molecule has 0 bridgehead atoms. The Balaban J connectivity index is 2.32. The van der Waals surface area contributed by atoms with Crippen LogP contribution in [0.2, 0.25) is 0 Å². The lowest BCUT2D eigenvalue weighted by Crippen LogP contribution is -2.42. The molecule has 2 atom stereocenters. The number of rotatable bonds is 9. The number of nitrogens with one attached hydrogen (secondary N) is 1. The lowest BCUT2D eigenvalue weighted by molar-refractivity contribution is 0.171. The second kappa shape index (κ2) is 7.81. The van der Waals surface area contributed by atoms with Gasteiger partial charge in [-0.3, -0.25) is 4.90 Å². The summed E-state index contributed by atoms with van der Waals surface area (Å²) in [6, 6.07) is 0.571. The van der Waals surface area contributed by atoms with Gasteiger partial charge in [-0.1, -0.05) is 26.7 Å². The molecule has 2 unspecified atom stereocenters. The Bertz CT molecular complexity index is 263. The third-order valence-electron chi connectivity index (χ3n) is 3.90. The van der Waals surface area contributed by atoms with Crippen LogP contribution in [0.4, 0.5) is 0 Å². The molecule has 1 aliphatic carbocycles. The largest absolute Gasteiger partial charge is 0.316 e. The van der Waals surface area contributed by atoms with E-state index < -0.39 is 0 Å². The standard InChI is InChI=1S/C16H30N2/c1-6-9-18(12-16-7-8-16)15(5)14(4)11-17-10-13(2)3/h1,13-17H,7-12H2,2-5H3. The molecule has 0 aromatic carbocycles. The van der Waals surface area contributed by atoms with Crippen LogP contribution in [0, 0.1) is 30.1 Å². The van der Waals surface area contributed by atoms with Gasteiger partial charge in [-0.15, -0.1) is 6.42 Å². The van der Waals surface area contributed by atoms with Crippen molar-refractivity contribution in [1.29, 1.82) is 0 Å². The Kier molecular flexibility index (Phi) is 6.75. The van der Waals surface area contributed by atoms with Crippen molar-refractivity contribution in [3.05, 3.63) is 0 Å². The summed E-state index contributed by atoms with van der Waals surface area (Å²) in [4.78, 5) is 2.49. The van der Waals surface area contributed by atoms with Crippen LogP contribution in [0.5, 0.6) is 0 Å². The summed E-state index contributed by atoms with van der Waals surface area (Å²) in [6.07, 6.45) is 8.29. The molecule has 0 amide bonds. The first-order chi connectivity index (χ1) is 8.54. The molecule has 0 heterocycles. The van der Waals surface area contributed by atoms with Crippen molar-refractivity contribution in [1.82, 2.24) is 10.2 Å². The fraction of sp³-hybridized carbons (Fsp3) is 0.875. The SMILES string of the molecule is C#CCN(CC1CC1)C(C)C(C)CNCC(C)C. The predicted octanol–water partition coefficient (Wildman–Crippen LogP) is 2.60. The van der Waals surface area contributed by atoms with E-state index in [0.717, 1.165) is 31.5 Å². The maximum absolute atomic E-state index is 5.50. The van der Waals surface area contributed by atoms with Crippen LogP contribution in [0.3, 0.4) is 0 Å². The molecule has 2 heteroatoms. The highest BCUT2D eigenvalue weighted by molar-refractivity contribution is 4.92. The average Bonchev–Trinajstić information content (AvgIpc) is 3.10. The molecule has 1 aliphatic rings. The van der Waals surface area contributed by atoms with E-state index in [9.17, 15) is 0 Å². The van der Waals surface area contributed by atoms with Crippen LogP contribution >= 0.6 is 0 Å². The van der Waals surface area contributed by atoms with Gasteiger partial charge >= 0.3 is 0 Å². The normalized spacial score (nSPS) is 18.9. The van der Waals surface area contributed by atoms with Crippen molar-refractivity contribution >= 4 is 0 Å². The molecular formula is C16H30N2. The first-order valence-electron chi connectivity index (χ1n) is 7.42. The van der Waals surface area contributed by atoms with Crippen molar-refractivity contribution in [3.8, 4) is 12.3 Å². The summed E-state index contributed by atoms with van der Waals surface area (Å²) in [5.41, 5.74) is 0. The van der Waals surface area contributed by atoms with Crippen LogP contribution in [0.1, 0.15) is 40.5 Å². The van der Waals surface area contributed by atoms with Crippen molar-refractivity contribution in [2.24, 2.45) is 17.8 Å². The molecule has 1 saturated carbocycles. The second-order valence-corrected chi connectivity index (χ2v) is 6.35. The second-order valence-electron chi connectivity index (χ2n) is 6.35. The topological polar surface area (TPSA) is 15.3 Å². The van der Waals surface area contributed by atoms with Crippen molar-refractivity contribution in [3.63, 3.8) is 0 Å². The van der Waals surface area contributed by atoms with Crippen LogP contribution in [0.15, 0.2) is 0 Å². The molecular weight excluding hydrogens is 220 g/mol. The third-order valence-corrected chi connectivity index (χ3v) is 3.90. The van der Waals surface area contributed by atoms with Gasteiger partial charge < -0.3 is 5.32 Å². The smallest absolute Gasteiger partial charge is 0.0601 e. The fourth-order valence-electron chi connectivity index (χ4n) is 2.25. The Morgan fingerprint density at radius 2 is 1.89 bits per heavy atom. The van der Waals surface area contributed by atoms with E-state index >= 15 is 0 Å². The maximum atomic E-state index is 5.50. The highest BCUT2D eigenvalue weighted by atomic mass is 15.2. The quantitative estimate of drug-likeness (QED) is 0.633. The van der Waals surface area contributed by atoms with E-state index in [1.165, 1.54) is 19.4 Å². The van der Waals surface area contributed by atoms with Gasteiger partial charge in [-0.25, -0.2) is 0 Å². The highest BCUT2D eigenvalue weighted by Crippen LogP contribution is 2.30. The van der Waals surface area contributed by atoms with Gasteiger partial charge in [-0.2, -0.15) is 0 Å². The Morgan fingerprint density at radius 1 is 1.22 bits per heavy atom. The summed E-state index contributed by atoms with van der Waals surface area (Å²) in [5, 5.41) is 3.55. The van der Waals surface area contributed by atoms with Gasteiger partial charge in [0.15, 0.2) is 0 Å². The molecule has 0 aromatic rings. The molecule has 0 aliphatic heterocycles. The van der Waals surface area contributed by atoms with Gasteiger partial charge in [0.1, 0.15) is 0 Å². The first kappa shape index (κ1) is 15.5. The van der Waals surface area contributed by atoms with Gasteiger partial charge in [0, 0.05) is 12.6 Å². The van der Waals surface area contributed by atoms with E-state index in [2.05, 4.69) is 43.8 Å². The molecule has 18 heavy (non-hydrogen) atoms. The van der Waals surface area contributed by atoms with E-state index in [4.69, 9.17) is 6.42 Å². The zero-order valence-corrected chi connectivity index (χ0v) is 12.6. The summed E-state index contributed by atoms with van der Waals surface area (Å²) in [7, 11) is 0. The summed E-state index contributed by atoms with van der Waals surface area (Å²) in [6.45, 7) is 13.3. The predicted molar refractivity (Wildman–Crippen MR) is 79.5 cm³/mol. The van der Waals surface area contributed by atoms with E-state index in [-0.39, 0.29) is 0 Å². The number of hydrogen-bond donors (Lipinski definition) is 1. The van der Waals surface area contributed by atoms with Gasteiger partial charge in [0.05, 0.1) is 6.54 Å². The molecule has 1 rings (SSSR count). The molecule has 0 saturated heterocycles. The maximum Gasteiger partial charge on any atom is 0.0601 e. The van der Waals surface area contributed by atoms with Crippen LogP contribution < -0.4 is 5.32 Å². The minimum atomic E-state index is 0.571. The fourth-order valence-corrected chi connectivity index (χ4v) is 2.25. The molecule has 1 N–H and O–H groups in total.